The number of fused-ring (bicyclic) bond motifs is 1. The minimum atomic E-state index is -0.362. The van der Waals surface area contributed by atoms with Crippen molar-refractivity contribution in [3.05, 3.63) is 81.0 Å². The lowest BCUT2D eigenvalue weighted by atomic mass is 9.81. The highest BCUT2D eigenvalue weighted by Gasteiger charge is 2.29. The monoisotopic (exact) mass is 405 g/mol. The number of nitrogens with one attached hydrogen (secondary N) is 1. The number of para-hydroxylation sites is 1. The first-order valence-corrected chi connectivity index (χ1v) is 10.5. The Balaban J connectivity index is 1.38. The van der Waals surface area contributed by atoms with Crippen LogP contribution in [0.3, 0.4) is 0 Å². The molecule has 0 saturated heterocycles. The summed E-state index contributed by atoms with van der Waals surface area (Å²) in [5.74, 6) is 0.424. The molecule has 1 saturated carbocycles. The number of H-pyrrole nitrogens is 1. The average Bonchev–Trinajstić information content (AvgIpc) is 2.77. The summed E-state index contributed by atoms with van der Waals surface area (Å²) in [4.78, 5) is 42.6. The van der Waals surface area contributed by atoms with Crippen molar-refractivity contribution in [1.29, 1.82) is 0 Å². The van der Waals surface area contributed by atoms with E-state index in [2.05, 4.69) is 4.98 Å². The second kappa shape index (κ2) is 8.69. The molecule has 1 heterocycles. The second-order valence-electron chi connectivity index (χ2n) is 8.29. The lowest BCUT2D eigenvalue weighted by molar-refractivity contribution is -0.136. The van der Waals surface area contributed by atoms with Gasteiger partial charge in [0.2, 0.25) is 5.91 Å². The summed E-state index contributed by atoms with van der Waals surface area (Å²) in [6, 6.07) is 17.1. The van der Waals surface area contributed by atoms with Crippen LogP contribution in [0.5, 0.6) is 0 Å². The maximum Gasteiger partial charge on any atom is 0.328 e. The zero-order valence-electron chi connectivity index (χ0n) is 17.2. The maximum atomic E-state index is 12.8. The van der Waals surface area contributed by atoms with Crippen LogP contribution in [-0.4, -0.2) is 27.4 Å². The number of carbonyl (C=O) groups excluding carboxylic acids is 1. The molecule has 2 aromatic carbocycles. The maximum absolute atomic E-state index is 12.8. The molecule has 3 aromatic rings. The molecule has 0 atom stereocenters. The standard InChI is InChI=1S/C24H27N3O3/c1-26(15-17-7-3-2-4-8-17)22(28)19-13-11-18(12-14-19)16-27-23(29)20-9-5-6-10-21(20)25-24(27)30/h2-10,18-19H,11-16H2,1H3,(H,25,30). The summed E-state index contributed by atoms with van der Waals surface area (Å²) in [7, 11) is 1.86. The van der Waals surface area contributed by atoms with Gasteiger partial charge in [-0.05, 0) is 49.3 Å². The molecule has 1 fully saturated rings. The minimum Gasteiger partial charge on any atom is -0.341 e. The largest absolute Gasteiger partial charge is 0.341 e. The van der Waals surface area contributed by atoms with Crippen LogP contribution >= 0.6 is 0 Å². The molecule has 0 radical (unpaired) electrons. The van der Waals surface area contributed by atoms with Crippen LogP contribution in [0.2, 0.25) is 0 Å². The quantitative estimate of drug-likeness (QED) is 0.709. The lowest BCUT2D eigenvalue weighted by Gasteiger charge is -2.30. The van der Waals surface area contributed by atoms with Gasteiger partial charge in [-0.1, -0.05) is 42.5 Å². The molecule has 4 rings (SSSR count). The molecule has 1 N–H and O–H groups in total. The molecule has 30 heavy (non-hydrogen) atoms. The van der Waals surface area contributed by atoms with Crippen molar-refractivity contribution in [2.45, 2.75) is 38.8 Å². The second-order valence-corrected chi connectivity index (χ2v) is 8.29. The van der Waals surface area contributed by atoms with Crippen LogP contribution in [-0.2, 0) is 17.9 Å². The SMILES string of the molecule is CN(Cc1ccccc1)C(=O)C1CCC(Cn2c(=O)[nH]c3ccccc3c2=O)CC1. The first kappa shape index (κ1) is 20.1. The Morgan fingerprint density at radius 2 is 1.67 bits per heavy atom. The smallest absolute Gasteiger partial charge is 0.328 e. The van der Waals surface area contributed by atoms with E-state index in [4.69, 9.17) is 0 Å². The number of aromatic amines is 1. The minimum absolute atomic E-state index is 0.0153. The fourth-order valence-corrected chi connectivity index (χ4v) is 4.46. The van der Waals surface area contributed by atoms with Gasteiger partial charge in [0, 0.05) is 26.1 Å². The van der Waals surface area contributed by atoms with Crippen LogP contribution in [0.1, 0.15) is 31.2 Å². The van der Waals surface area contributed by atoms with Crippen molar-refractivity contribution in [3.63, 3.8) is 0 Å². The molecule has 0 bridgehead atoms. The van der Waals surface area contributed by atoms with E-state index in [0.29, 0.717) is 24.0 Å². The third-order valence-corrected chi connectivity index (χ3v) is 6.16. The van der Waals surface area contributed by atoms with Gasteiger partial charge in [-0.3, -0.25) is 14.2 Å². The van der Waals surface area contributed by atoms with Gasteiger partial charge < -0.3 is 9.88 Å². The molecule has 1 aliphatic rings. The van der Waals surface area contributed by atoms with Gasteiger partial charge in [0.05, 0.1) is 10.9 Å². The molecule has 0 unspecified atom stereocenters. The molecule has 0 aliphatic heterocycles. The first-order valence-electron chi connectivity index (χ1n) is 10.5. The van der Waals surface area contributed by atoms with Crippen molar-refractivity contribution in [2.75, 3.05) is 7.05 Å². The van der Waals surface area contributed by atoms with Gasteiger partial charge in [0.25, 0.3) is 5.56 Å². The number of hydrogen-bond donors (Lipinski definition) is 1. The Morgan fingerprint density at radius 1 is 1.00 bits per heavy atom. The van der Waals surface area contributed by atoms with Crippen molar-refractivity contribution >= 4 is 16.8 Å². The first-order chi connectivity index (χ1) is 14.5. The molecular weight excluding hydrogens is 378 g/mol. The van der Waals surface area contributed by atoms with Crippen molar-refractivity contribution in [1.82, 2.24) is 14.5 Å². The fourth-order valence-electron chi connectivity index (χ4n) is 4.46. The molecule has 6 nitrogen and oxygen atoms in total. The Hall–Kier alpha value is -3.15. The molecule has 0 spiro atoms. The predicted octanol–water partition coefficient (Wildman–Crippen LogP) is 3.15. The number of nitrogens with zero attached hydrogens (tertiary/aromatic N) is 2. The third-order valence-electron chi connectivity index (χ3n) is 6.16. The van der Waals surface area contributed by atoms with E-state index in [1.807, 2.05) is 37.4 Å². The molecular formula is C24H27N3O3. The topological polar surface area (TPSA) is 75.2 Å². The summed E-state index contributed by atoms with van der Waals surface area (Å²) in [6.07, 6.45) is 3.27. The summed E-state index contributed by atoms with van der Waals surface area (Å²) in [5.41, 5.74) is 1.09. The van der Waals surface area contributed by atoms with Crippen molar-refractivity contribution < 1.29 is 4.79 Å². The molecule has 1 aromatic heterocycles. The van der Waals surface area contributed by atoms with E-state index in [9.17, 15) is 14.4 Å². The van der Waals surface area contributed by atoms with E-state index in [1.54, 1.807) is 29.2 Å². The van der Waals surface area contributed by atoms with Gasteiger partial charge in [-0.15, -0.1) is 0 Å². The van der Waals surface area contributed by atoms with Crippen LogP contribution < -0.4 is 11.2 Å². The molecule has 1 aliphatic carbocycles. The van der Waals surface area contributed by atoms with Gasteiger partial charge >= 0.3 is 5.69 Å². The molecule has 6 heteroatoms. The normalized spacial score (nSPS) is 19.0. The van der Waals surface area contributed by atoms with E-state index < -0.39 is 0 Å². The van der Waals surface area contributed by atoms with E-state index in [1.165, 1.54) is 4.57 Å². The Morgan fingerprint density at radius 3 is 2.40 bits per heavy atom. The molecule has 156 valence electrons. The van der Waals surface area contributed by atoms with Gasteiger partial charge in [0.15, 0.2) is 0 Å². The third kappa shape index (κ3) is 4.22. The lowest BCUT2D eigenvalue weighted by Crippen LogP contribution is -2.39. The number of amides is 1. The van der Waals surface area contributed by atoms with Crippen molar-refractivity contribution in [3.8, 4) is 0 Å². The van der Waals surface area contributed by atoms with Gasteiger partial charge in [-0.2, -0.15) is 0 Å². The van der Waals surface area contributed by atoms with Crippen LogP contribution in [0, 0.1) is 11.8 Å². The van der Waals surface area contributed by atoms with E-state index in [-0.39, 0.29) is 29.0 Å². The zero-order chi connectivity index (χ0) is 21.1. The van der Waals surface area contributed by atoms with Crippen molar-refractivity contribution in [2.24, 2.45) is 11.8 Å². The number of benzene rings is 2. The number of hydrogen-bond acceptors (Lipinski definition) is 3. The van der Waals surface area contributed by atoms with Crippen LogP contribution in [0.15, 0.2) is 64.2 Å². The van der Waals surface area contributed by atoms with Gasteiger partial charge in [0.1, 0.15) is 0 Å². The summed E-state index contributed by atoms with van der Waals surface area (Å²) < 4.78 is 1.32. The Labute approximate surface area is 175 Å². The van der Waals surface area contributed by atoms with E-state index in [0.717, 1.165) is 31.2 Å². The number of rotatable bonds is 5. The van der Waals surface area contributed by atoms with Crippen LogP contribution in [0.4, 0.5) is 0 Å². The van der Waals surface area contributed by atoms with E-state index >= 15 is 0 Å². The number of carbonyl (C=O) groups is 1. The van der Waals surface area contributed by atoms with Crippen LogP contribution in [0.25, 0.3) is 10.9 Å². The summed E-state index contributed by atoms with van der Waals surface area (Å²) in [5, 5.41) is 0.531. The molecule has 1 amide bonds. The predicted molar refractivity (Wildman–Crippen MR) is 117 cm³/mol. The highest BCUT2D eigenvalue weighted by atomic mass is 16.2. The average molecular weight is 405 g/mol. The zero-order valence-corrected chi connectivity index (χ0v) is 17.2. The van der Waals surface area contributed by atoms with Gasteiger partial charge in [-0.25, -0.2) is 4.79 Å². The number of aromatic nitrogens is 2. The fraction of sp³-hybridized carbons (Fsp3) is 0.375. The summed E-state index contributed by atoms with van der Waals surface area (Å²) >= 11 is 0. The Bertz CT molecular complexity index is 1140. The Kier molecular flexibility index (Phi) is 5.84. The summed E-state index contributed by atoms with van der Waals surface area (Å²) in [6.45, 7) is 1.02. The highest BCUT2D eigenvalue weighted by molar-refractivity contribution is 5.78. The highest BCUT2D eigenvalue weighted by Crippen LogP contribution is 2.30.